The Kier molecular flexibility index (Phi) is 7.28. The van der Waals surface area contributed by atoms with Crippen molar-refractivity contribution in [1.29, 1.82) is 0 Å². The topological polar surface area (TPSA) is 117 Å². The largest absolute Gasteiger partial charge is 0.390 e. The summed E-state index contributed by atoms with van der Waals surface area (Å²) in [5, 5.41) is 33.1. The van der Waals surface area contributed by atoms with Crippen LogP contribution < -0.4 is 0 Å². The van der Waals surface area contributed by atoms with Gasteiger partial charge in [0.1, 0.15) is 6.61 Å². The van der Waals surface area contributed by atoms with Gasteiger partial charge in [-0.3, -0.25) is 9.59 Å². The molecule has 9 atom stereocenters. The lowest BCUT2D eigenvalue weighted by molar-refractivity contribution is -0.155. The number of aliphatic hydroxyl groups is 3. The van der Waals surface area contributed by atoms with E-state index in [2.05, 4.69) is 13.8 Å². The van der Waals surface area contributed by atoms with Gasteiger partial charge < -0.3 is 29.7 Å². The van der Waals surface area contributed by atoms with Crippen LogP contribution in [0.4, 0.5) is 0 Å². The standard InChI is InChI=1S/C27H43NO7/c1-16(28(10-11-34-4)24(32)15-35-5)17-7-9-27(33)19-12-21(29)20-13-22(30)23(31)14-25(20,2)18(19)6-8-26(17,27)3/h12,16-18,20,22-23,30-31,33H,6-11,13-15H2,1-5H3. The van der Waals surface area contributed by atoms with Gasteiger partial charge in [0.05, 0.1) is 24.4 Å². The second-order valence-corrected chi connectivity index (χ2v) is 11.9. The summed E-state index contributed by atoms with van der Waals surface area (Å²) in [6.45, 7) is 7.09. The highest BCUT2D eigenvalue weighted by Gasteiger charge is 2.67. The summed E-state index contributed by atoms with van der Waals surface area (Å²) in [5.41, 5.74) is -1.32. The van der Waals surface area contributed by atoms with Gasteiger partial charge in [-0.2, -0.15) is 0 Å². The third-order valence-corrected chi connectivity index (χ3v) is 10.4. The SMILES string of the molecule is COCCN(C(=O)COC)C(C)C1CCC2(O)C3=CC(=O)C4CC(O)C(O)CC4(C)C3CCC12C. The summed E-state index contributed by atoms with van der Waals surface area (Å²) in [7, 11) is 3.12. The first kappa shape index (κ1) is 26.7. The molecule has 9 unspecified atom stereocenters. The van der Waals surface area contributed by atoms with E-state index in [9.17, 15) is 24.9 Å². The first-order valence-corrected chi connectivity index (χ1v) is 13.1. The molecule has 0 spiro atoms. The Morgan fingerprint density at radius 1 is 1.14 bits per heavy atom. The van der Waals surface area contributed by atoms with Crippen LogP contribution in [0.2, 0.25) is 0 Å². The minimum Gasteiger partial charge on any atom is -0.390 e. The van der Waals surface area contributed by atoms with E-state index in [0.717, 1.165) is 24.8 Å². The van der Waals surface area contributed by atoms with Crippen LogP contribution in [-0.4, -0.2) is 89.7 Å². The molecule has 0 bridgehead atoms. The van der Waals surface area contributed by atoms with Crippen molar-refractivity contribution >= 4 is 11.7 Å². The van der Waals surface area contributed by atoms with Crippen molar-refractivity contribution in [1.82, 2.24) is 4.90 Å². The Morgan fingerprint density at radius 3 is 2.51 bits per heavy atom. The normalized spacial score (nSPS) is 43.6. The summed E-state index contributed by atoms with van der Waals surface area (Å²) in [4.78, 5) is 28.0. The Morgan fingerprint density at radius 2 is 1.86 bits per heavy atom. The molecule has 8 heteroatoms. The van der Waals surface area contributed by atoms with Gasteiger partial charge in [-0.1, -0.05) is 13.8 Å². The minimum absolute atomic E-state index is 0.00257. The molecule has 8 nitrogen and oxygen atoms in total. The molecule has 0 aliphatic heterocycles. The Hall–Kier alpha value is -1.32. The molecule has 198 valence electrons. The van der Waals surface area contributed by atoms with Gasteiger partial charge in [-0.15, -0.1) is 0 Å². The number of allylic oxidation sites excluding steroid dienone is 1. The molecule has 0 aromatic carbocycles. The van der Waals surface area contributed by atoms with Crippen molar-refractivity contribution in [2.75, 3.05) is 34.0 Å². The van der Waals surface area contributed by atoms with E-state index in [1.165, 1.54) is 7.11 Å². The van der Waals surface area contributed by atoms with Crippen molar-refractivity contribution < 1.29 is 34.4 Å². The van der Waals surface area contributed by atoms with E-state index in [-0.39, 0.29) is 48.5 Å². The maximum absolute atomic E-state index is 13.3. The Labute approximate surface area is 208 Å². The summed E-state index contributed by atoms with van der Waals surface area (Å²) in [5.74, 6) is -0.446. The van der Waals surface area contributed by atoms with E-state index < -0.39 is 28.6 Å². The minimum atomic E-state index is -1.14. The number of amides is 1. The number of ketones is 1. The van der Waals surface area contributed by atoms with E-state index >= 15 is 0 Å². The molecule has 3 N–H and O–H groups in total. The summed E-state index contributed by atoms with van der Waals surface area (Å²) in [6.07, 6.45) is 3.41. The number of nitrogens with zero attached hydrogens (tertiary/aromatic N) is 1. The fourth-order valence-corrected chi connectivity index (χ4v) is 8.35. The van der Waals surface area contributed by atoms with Crippen LogP contribution in [0.3, 0.4) is 0 Å². The summed E-state index contributed by atoms with van der Waals surface area (Å²) in [6, 6.07) is -0.127. The third-order valence-electron chi connectivity index (χ3n) is 10.4. The number of methoxy groups -OCH3 is 2. The van der Waals surface area contributed by atoms with Gasteiger partial charge >= 0.3 is 0 Å². The Bertz CT molecular complexity index is 876. The maximum Gasteiger partial charge on any atom is 0.248 e. The number of hydrogen-bond donors (Lipinski definition) is 3. The van der Waals surface area contributed by atoms with Crippen molar-refractivity contribution in [3.05, 3.63) is 11.6 Å². The molecule has 0 aromatic heterocycles. The molecule has 35 heavy (non-hydrogen) atoms. The second-order valence-electron chi connectivity index (χ2n) is 11.9. The number of aliphatic hydroxyl groups excluding tert-OH is 2. The van der Waals surface area contributed by atoms with Crippen molar-refractivity contribution in [3.63, 3.8) is 0 Å². The molecule has 3 fully saturated rings. The molecular formula is C27H43NO7. The molecular weight excluding hydrogens is 450 g/mol. The van der Waals surface area contributed by atoms with Crippen LogP contribution >= 0.6 is 0 Å². The van der Waals surface area contributed by atoms with Gasteiger partial charge in [-0.05, 0) is 74.3 Å². The maximum atomic E-state index is 13.3. The van der Waals surface area contributed by atoms with E-state index in [0.29, 0.717) is 26.0 Å². The van der Waals surface area contributed by atoms with Gasteiger partial charge in [0, 0.05) is 38.1 Å². The highest BCUT2D eigenvalue weighted by atomic mass is 16.5. The first-order valence-electron chi connectivity index (χ1n) is 13.1. The first-order chi connectivity index (χ1) is 16.4. The lowest BCUT2D eigenvalue weighted by atomic mass is 9.46. The van der Waals surface area contributed by atoms with Crippen LogP contribution in [0.5, 0.6) is 0 Å². The van der Waals surface area contributed by atoms with Crippen molar-refractivity contribution in [2.45, 2.75) is 83.1 Å². The third kappa shape index (κ3) is 4.00. The number of carbonyl (C=O) groups is 2. The van der Waals surface area contributed by atoms with E-state index in [1.54, 1.807) is 13.2 Å². The molecule has 0 saturated heterocycles. The van der Waals surface area contributed by atoms with Crippen LogP contribution in [0, 0.1) is 28.6 Å². The zero-order valence-electron chi connectivity index (χ0n) is 21.8. The van der Waals surface area contributed by atoms with Crippen LogP contribution in [0.25, 0.3) is 0 Å². The van der Waals surface area contributed by atoms with Gasteiger partial charge in [-0.25, -0.2) is 0 Å². The summed E-state index contributed by atoms with van der Waals surface area (Å²) < 4.78 is 10.4. The van der Waals surface area contributed by atoms with E-state index in [4.69, 9.17) is 9.47 Å². The highest BCUT2D eigenvalue weighted by molar-refractivity contribution is 5.95. The molecule has 4 rings (SSSR count). The predicted octanol–water partition coefficient (Wildman–Crippen LogP) is 1.70. The van der Waals surface area contributed by atoms with Crippen LogP contribution in [-0.2, 0) is 19.1 Å². The molecule has 4 aliphatic rings. The van der Waals surface area contributed by atoms with Crippen molar-refractivity contribution in [3.8, 4) is 0 Å². The predicted molar refractivity (Wildman–Crippen MR) is 129 cm³/mol. The number of carbonyl (C=O) groups excluding carboxylic acids is 2. The monoisotopic (exact) mass is 493 g/mol. The van der Waals surface area contributed by atoms with Crippen LogP contribution in [0.1, 0.15) is 59.3 Å². The van der Waals surface area contributed by atoms with Gasteiger partial charge in [0.15, 0.2) is 5.78 Å². The molecule has 0 radical (unpaired) electrons. The zero-order valence-corrected chi connectivity index (χ0v) is 21.8. The van der Waals surface area contributed by atoms with Gasteiger partial charge in [0.25, 0.3) is 0 Å². The second kappa shape index (κ2) is 9.53. The van der Waals surface area contributed by atoms with Gasteiger partial charge in [0.2, 0.25) is 5.91 Å². The average molecular weight is 494 g/mol. The Balaban J connectivity index is 1.67. The zero-order chi connectivity index (χ0) is 25.8. The molecule has 0 heterocycles. The number of hydrogen-bond acceptors (Lipinski definition) is 7. The lowest BCUT2D eigenvalue weighted by Gasteiger charge is -2.60. The average Bonchev–Trinajstić information content (AvgIpc) is 3.07. The number of ether oxygens (including phenoxy) is 2. The van der Waals surface area contributed by atoms with Crippen LogP contribution in [0.15, 0.2) is 11.6 Å². The smallest absolute Gasteiger partial charge is 0.248 e. The number of rotatable bonds is 7. The molecule has 3 saturated carbocycles. The van der Waals surface area contributed by atoms with E-state index in [1.807, 2.05) is 11.8 Å². The molecule has 0 aromatic rings. The fraction of sp³-hybridized carbons (Fsp3) is 0.852. The number of fused-ring (bicyclic) bond motifs is 5. The fourth-order valence-electron chi connectivity index (χ4n) is 8.35. The molecule has 4 aliphatic carbocycles. The summed E-state index contributed by atoms with van der Waals surface area (Å²) >= 11 is 0. The highest BCUT2D eigenvalue weighted by Crippen LogP contribution is 2.67. The van der Waals surface area contributed by atoms with Crippen molar-refractivity contribution in [2.24, 2.45) is 28.6 Å². The quantitative estimate of drug-likeness (QED) is 0.494. The molecule has 1 amide bonds. The lowest BCUT2D eigenvalue weighted by Crippen LogP contribution is -2.61.